The summed E-state index contributed by atoms with van der Waals surface area (Å²) in [5, 5.41) is 0. The lowest BCUT2D eigenvalue weighted by molar-refractivity contribution is 0.0990. The molecule has 1 aromatic carbocycles. The third-order valence-electron chi connectivity index (χ3n) is 2.89. The minimum atomic E-state index is -0.675. The summed E-state index contributed by atoms with van der Waals surface area (Å²) in [5.41, 5.74) is 8.30. The number of benzene rings is 1. The summed E-state index contributed by atoms with van der Waals surface area (Å²) < 4.78 is 0. The van der Waals surface area contributed by atoms with Gasteiger partial charge in [0.1, 0.15) is 0 Å². The summed E-state index contributed by atoms with van der Waals surface area (Å²) in [6.45, 7) is 1.76. The fraction of sp³-hybridized carbons (Fsp3) is 0.0769. The first-order valence-electron chi connectivity index (χ1n) is 5.91. The van der Waals surface area contributed by atoms with Gasteiger partial charge in [-0.3, -0.25) is 4.79 Å². The summed E-state index contributed by atoms with van der Waals surface area (Å²) in [7, 11) is 0. The van der Waals surface area contributed by atoms with Crippen LogP contribution < -0.4 is 11.4 Å². The largest absolute Gasteiger partial charge is 0.363 e. The quantitative estimate of drug-likeness (QED) is 0.635. The van der Waals surface area contributed by atoms with E-state index in [0.29, 0.717) is 22.4 Å². The van der Waals surface area contributed by atoms with Crippen LogP contribution >= 0.6 is 0 Å². The minimum Gasteiger partial charge on any atom is -0.363 e. The van der Waals surface area contributed by atoms with Crippen LogP contribution in [0.15, 0.2) is 29.1 Å². The van der Waals surface area contributed by atoms with Gasteiger partial charge in [0.2, 0.25) is 5.82 Å². The molecule has 4 N–H and O–H groups in total. The van der Waals surface area contributed by atoms with E-state index < -0.39 is 5.91 Å². The zero-order valence-corrected chi connectivity index (χ0v) is 10.6. The van der Waals surface area contributed by atoms with E-state index in [9.17, 15) is 9.59 Å². The Kier molecular flexibility index (Phi) is 2.60. The number of imidazole rings is 1. The van der Waals surface area contributed by atoms with Gasteiger partial charge in [0.05, 0.1) is 16.7 Å². The van der Waals surface area contributed by atoms with Crippen molar-refractivity contribution < 1.29 is 4.79 Å². The maximum absolute atomic E-state index is 11.2. The van der Waals surface area contributed by atoms with Crippen LogP contribution in [0.5, 0.6) is 0 Å². The van der Waals surface area contributed by atoms with Gasteiger partial charge in [0.15, 0.2) is 0 Å². The number of hydrogen-bond acceptors (Lipinski definition) is 4. The number of carbonyl (C=O) groups excluding carboxylic acids is 1. The van der Waals surface area contributed by atoms with E-state index in [1.54, 1.807) is 31.2 Å². The van der Waals surface area contributed by atoms with Gasteiger partial charge in [0.25, 0.3) is 5.91 Å². The number of nitrogens with two attached hydrogens (primary N) is 1. The molecule has 7 nitrogen and oxygen atoms in total. The van der Waals surface area contributed by atoms with Crippen molar-refractivity contribution in [3.05, 3.63) is 46.3 Å². The number of rotatable bonds is 2. The molecule has 3 rings (SSSR count). The van der Waals surface area contributed by atoms with Crippen molar-refractivity contribution in [2.24, 2.45) is 5.73 Å². The van der Waals surface area contributed by atoms with Crippen molar-refractivity contribution in [3.8, 4) is 11.3 Å². The van der Waals surface area contributed by atoms with E-state index in [4.69, 9.17) is 5.73 Å². The van der Waals surface area contributed by atoms with Crippen molar-refractivity contribution >= 4 is 16.9 Å². The molecular formula is C13H11N5O2. The van der Waals surface area contributed by atoms with Crippen LogP contribution in [0.25, 0.3) is 22.3 Å². The second-order valence-corrected chi connectivity index (χ2v) is 4.42. The van der Waals surface area contributed by atoms with Crippen LogP contribution in [0.1, 0.15) is 16.3 Å². The Morgan fingerprint density at radius 2 is 1.90 bits per heavy atom. The first-order valence-corrected chi connectivity index (χ1v) is 5.91. The smallest absolute Gasteiger partial charge is 0.323 e. The Morgan fingerprint density at radius 1 is 1.15 bits per heavy atom. The summed E-state index contributed by atoms with van der Waals surface area (Å²) in [4.78, 5) is 35.9. The molecule has 0 aliphatic rings. The first kappa shape index (κ1) is 12.1. The molecule has 3 aromatic rings. The molecule has 1 amide bonds. The van der Waals surface area contributed by atoms with Crippen molar-refractivity contribution in [2.75, 3.05) is 0 Å². The van der Waals surface area contributed by atoms with Gasteiger partial charge in [-0.25, -0.2) is 14.8 Å². The molecule has 0 aliphatic heterocycles. The summed E-state index contributed by atoms with van der Waals surface area (Å²) in [6, 6.07) is 7.10. The molecule has 7 heteroatoms. The van der Waals surface area contributed by atoms with Gasteiger partial charge in [-0.05, 0) is 25.1 Å². The highest BCUT2D eigenvalue weighted by Gasteiger charge is 2.10. The van der Waals surface area contributed by atoms with E-state index in [0.717, 1.165) is 5.56 Å². The monoisotopic (exact) mass is 269 g/mol. The SMILES string of the molecule is Cc1cc(-c2ccc3[nH]c(=O)[nH]c3c2)nc(C(N)=O)n1. The second kappa shape index (κ2) is 4.30. The number of fused-ring (bicyclic) bond motifs is 1. The summed E-state index contributed by atoms with van der Waals surface area (Å²) >= 11 is 0. The number of carbonyl (C=O) groups is 1. The number of aromatic nitrogens is 4. The molecule has 2 heterocycles. The Labute approximate surface area is 112 Å². The van der Waals surface area contributed by atoms with E-state index in [2.05, 4.69) is 19.9 Å². The van der Waals surface area contributed by atoms with Crippen molar-refractivity contribution in [2.45, 2.75) is 6.92 Å². The number of hydrogen-bond donors (Lipinski definition) is 3. The highest BCUT2D eigenvalue weighted by Crippen LogP contribution is 2.21. The molecule has 2 aromatic heterocycles. The third-order valence-corrected chi connectivity index (χ3v) is 2.89. The van der Waals surface area contributed by atoms with Crippen LogP contribution in [0.4, 0.5) is 0 Å². The van der Waals surface area contributed by atoms with Gasteiger partial charge in [0, 0.05) is 11.3 Å². The number of primary amides is 1. The summed E-state index contributed by atoms with van der Waals surface area (Å²) in [5.74, 6) is -0.700. The topological polar surface area (TPSA) is 118 Å². The van der Waals surface area contributed by atoms with Gasteiger partial charge >= 0.3 is 5.69 Å². The maximum Gasteiger partial charge on any atom is 0.323 e. The molecule has 0 unspecified atom stereocenters. The number of H-pyrrole nitrogens is 2. The van der Waals surface area contributed by atoms with Gasteiger partial charge < -0.3 is 15.7 Å². The first-order chi connectivity index (χ1) is 9.52. The predicted octanol–water partition coefficient (Wildman–Crippen LogP) is 0.721. The number of amides is 1. The van der Waals surface area contributed by atoms with Crippen LogP contribution in [0.3, 0.4) is 0 Å². The third kappa shape index (κ3) is 2.05. The van der Waals surface area contributed by atoms with Gasteiger partial charge in [-0.2, -0.15) is 0 Å². The van der Waals surface area contributed by atoms with Crippen LogP contribution in [0.2, 0.25) is 0 Å². The van der Waals surface area contributed by atoms with Crippen LogP contribution in [-0.2, 0) is 0 Å². The fourth-order valence-electron chi connectivity index (χ4n) is 2.02. The van der Waals surface area contributed by atoms with Crippen LogP contribution in [0, 0.1) is 6.92 Å². The van der Waals surface area contributed by atoms with Gasteiger partial charge in [-0.15, -0.1) is 0 Å². The molecule has 0 fully saturated rings. The number of nitrogens with zero attached hydrogens (tertiary/aromatic N) is 2. The van der Waals surface area contributed by atoms with Crippen molar-refractivity contribution in [1.29, 1.82) is 0 Å². The van der Waals surface area contributed by atoms with E-state index in [1.807, 2.05) is 0 Å². The standard InChI is InChI=1S/C13H11N5O2/c1-6-4-9(16-12(15-6)11(14)19)7-2-3-8-10(5-7)18-13(20)17-8/h2-5H,1H3,(H2,14,19)(H2,17,18,20). The van der Waals surface area contributed by atoms with Crippen molar-refractivity contribution in [3.63, 3.8) is 0 Å². The predicted molar refractivity (Wildman–Crippen MR) is 73.2 cm³/mol. The van der Waals surface area contributed by atoms with Gasteiger partial charge in [-0.1, -0.05) is 6.07 Å². The molecule has 0 saturated carbocycles. The lowest BCUT2D eigenvalue weighted by atomic mass is 10.1. The molecule has 0 aliphatic carbocycles. The Bertz CT molecular complexity index is 878. The van der Waals surface area contributed by atoms with E-state index in [-0.39, 0.29) is 11.5 Å². The lowest BCUT2D eigenvalue weighted by Crippen LogP contribution is -2.16. The highest BCUT2D eigenvalue weighted by molar-refractivity contribution is 5.89. The Balaban J connectivity index is 2.19. The minimum absolute atomic E-state index is 0.0253. The Morgan fingerprint density at radius 3 is 2.65 bits per heavy atom. The lowest BCUT2D eigenvalue weighted by Gasteiger charge is -2.04. The molecule has 0 atom stereocenters. The average molecular weight is 269 g/mol. The van der Waals surface area contributed by atoms with E-state index >= 15 is 0 Å². The Hall–Kier alpha value is -2.96. The number of nitrogens with one attached hydrogen (secondary N) is 2. The number of aryl methyl sites for hydroxylation is 1. The molecule has 0 bridgehead atoms. The zero-order chi connectivity index (χ0) is 14.3. The highest BCUT2D eigenvalue weighted by atomic mass is 16.1. The molecule has 0 spiro atoms. The molecule has 20 heavy (non-hydrogen) atoms. The van der Waals surface area contributed by atoms with E-state index in [1.165, 1.54) is 0 Å². The maximum atomic E-state index is 11.2. The normalized spacial score (nSPS) is 10.8. The van der Waals surface area contributed by atoms with Crippen molar-refractivity contribution in [1.82, 2.24) is 19.9 Å². The summed E-state index contributed by atoms with van der Waals surface area (Å²) in [6.07, 6.45) is 0. The fourth-order valence-corrected chi connectivity index (χ4v) is 2.02. The molecular weight excluding hydrogens is 258 g/mol. The number of aromatic amines is 2. The second-order valence-electron chi connectivity index (χ2n) is 4.42. The molecule has 100 valence electrons. The average Bonchev–Trinajstić information content (AvgIpc) is 2.76. The van der Waals surface area contributed by atoms with Crippen LogP contribution in [-0.4, -0.2) is 25.8 Å². The molecule has 0 radical (unpaired) electrons. The molecule has 0 saturated heterocycles. The zero-order valence-electron chi connectivity index (χ0n) is 10.6.